The third-order valence-electron chi connectivity index (χ3n) is 2.69. The van der Waals surface area contributed by atoms with Crippen LogP contribution in [0.1, 0.15) is 44.9 Å². The molecule has 0 N–H and O–H groups in total. The standard InChI is InChI=1S/C11H21O2.Li/c1-2-3-4-6-9-12-11-8-5-7-10-13-11;/h11H,1-10H2;. The van der Waals surface area contributed by atoms with Gasteiger partial charge in [0.1, 0.15) is 0 Å². The minimum atomic E-state index is 0.106. The predicted octanol–water partition coefficient (Wildman–Crippen LogP) is 2.68. The Morgan fingerprint density at radius 2 is 2.00 bits per heavy atom. The maximum absolute atomic E-state index is 5.64. The predicted molar refractivity (Wildman–Crippen MR) is 58.6 cm³/mol. The van der Waals surface area contributed by atoms with Gasteiger partial charge < -0.3 is 0 Å². The third-order valence-corrected chi connectivity index (χ3v) is 2.69. The van der Waals surface area contributed by atoms with Gasteiger partial charge in [-0.2, -0.15) is 0 Å². The quantitative estimate of drug-likeness (QED) is 0.456. The van der Waals surface area contributed by atoms with Crippen LogP contribution in [-0.4, -0.2) is 37.2 Å². The molecular weight excluding hydrogens is 171 g/mol. The van der Waals surface area contributed by atoms with Crippen LogP contribution >= 0.6 is 0 Å². The van der Waals surface area contributed by atoms with Crippen molar-refractivity contribution in [3.05, 3.63) is 0 Å². The van der Waals surface area contributed by atoms with Crippen molar-refractivity contribution in [1.29, 1.82) is 0 Å². The van der Waals surface area contributed by atoms with Crippen LogP contribution in [0.3, 0.4) is 0 Å². The van der Waals surface area contributed by atoms with E-state index in [1.54, 1.807) is 0 Å². The first-order valence-corrected chi connectivity index (χ1v) is 6.16. The van der Waals surface area contributed by atoms with Gasteiger partial charge in [0.15, 0.2) is 0 Å². The Bertz CT molecular complexity index is 124. The van der Waals surface area contributed by atoms with Crippen LogP contribution < -0.4 is 0 Å². The van der Waals surface area contributed by atoms with E-state index in [1.807, 2.05) is 0 Å². The van der Waals surface area contributed by atoms with Gasteiger partial charge in [0.05, 0.1) is 0 Å². The minimum absolute atomic E-state index is 0.106. The molecule has 0 spiro atoms. The van der Waals surface area contributed by atoms with E-state index < -0.39 is 0 Å². The second-order valence-electron chi connectivity index (χ2n) is 4.08. The van der Waals surface area contributed by atoms with E-state index in [9.17, 15) is 0 Å². The topological polar surface area (TPSA) is 18.5 Å². The molecule has 1 rings (SSSR count). The molecular formula is C11H21LiO2. The van der Waals surface area contributed by atoms with Gasteiger partial charge in [-0.15, -0.1) is 0 Å². The molecule has 0 aliphatic carbocycles. The summed E-state index contributed by atoms with van der Waals surface area (Å²) in [5.74, 6) is 0. The van der Waals surface area contributed by atoms with Crippen molar-refractivity contribution in [3.8, 4) is 0 Å². The SMILES string of the molecule is [Li][CH2]CCCCCOC1CCCCO1. The van der Waals surface area contributed by atoms with Crippen molar-refractivity contribution in [3.63, 3.8) is 0 Å². The van der Waals surface area contributed by atoms with Crippen LogP contribution in [0.5, 0.6) is 0 Å². The van der Waals surface area contributed by atoms with Gasteiger partial charge in [-0.1, -0.05) is 0 Å². The van der Waals surface area contributed by atoms with Crippen molar-refractivity contribution < 1.29 is 9.47 Å². The second kappa shape index (κ2) is 8.80. The third kappa shape index (κ3) is 6.09. The number of hydrogen-bond acceptors (Lipinski definition) is 2. The van der Waals surface area contributed by atoms with E-state index in [0.29, 0.717) is 0 Å². The normalized spacial score (nSPS) is 22.6. The van der Waals surface area contributed by atoms with Gasteiger partial charge in [0, 0.05) is 0 Å². The molecule has 78 valence electrons. The Morgan fingerprint density at radius 1 is 1.14 bits per heavy atom. The summed E-state index contributed by atoms with van der Waals surface area (Å²) in [6.07, 6.45) is 8.88. The summed E-state index contributed by atoms with van der Waals surface area (Å²) < 4.78 is 11.1. The van der Waals surface area contributed by atoms with Gasteiger partial charge in [-0.05, 0) is 0 Å². The average molecular weight is 192 g/mol. The number of unbranched alkanes of at least 4 members (excludes halogenated alkanes) is 3. The van der Waals surface area contributed by atoms with E-state index in [-0.39, 0.29) is 6.29 Å². The summed E-state index contributed by atoms with van der Waals surface area (Å²) in [7, 11) is 0. The fourth-order valence-electron chi connectivity index (χ4n) is 1.76. The Balaban J connectivity index is 1.82. The van der Waals surface area contributed by atoms with Gasteiger partial charge in [0.25, 0.3) is 0 Å². The molecule has 1 aliphatic rings. The number of rotatable bonds is 7. The Hall–Kier alpha value is 0.517. The van der Waals surface area contributed by atoms with E-state index in [4.69, 9.17) is 9.47 Å². The summed E-state index contributed by atoms with van der Waals surface area (Å²) in [6.45, 7) is 1.77. The molecule has 0 aromatic carbocycles. The Morgan fingerprint density at radius 3 is 2.71 bits per heavy atom. The van der Waals surface area contributed by atoms with Crippen molar-refractivity contribution in [2.75, 3.05) is 13.2 Å². The van der Waals surface area contributed by atoms with Crippen molar-refractivity contribution in [1.82, 2.24) is 0 Å². The van der Waals surface area contributed by atoms with Crippen LogP contribution in [0.15, 0.2) is 0 Å². The summed E-state index contributed by atoms with van der Waals surface area (Å²) in [4.78, 5) is 0. The van der Waals surface area contributed by atoms with Crippen molar-refractivity contribution in [2.45, 2.75) is 56.3 Å². The van der Waals surface area contributed by atoms with Crippen molar-refractivity contribution >= 4 is 17.7 Å². The van der Waals surface area contributed by atoms with Gasteiger partial charge >= 0.3 is 96.7 Å². The molecule has 3 heteroatoms. The summed E-state index contributed by atoms with van der Waals surface area (Å²) in [6, 6.07) is 0. The van der Waals surface area contributed by atoms with Crippen LogP contribution in [-0.2, 0) is 9.47 Å². The molecule has 0 saturated carbocycles. The summed E-state index contributed by atoms with van der Waals surface area (Å²) in [5, 5.41) is 1.31. The molecule has 14 heavy (non-hydrogen) atoms. The molecule has 1 heterocycles. The molecule has 0 radical (unpaired) electrons. The van der Waals surface area contributed by atoms with Gasteiger partial charge in [-0.25, -0.2) is 0 Å². The zero-order chi connectivity index (χ0) is 10.1. The fraction of sp³-hybridized carbons (Fsp3) is 1.00. The van der Waals surface area contributed by atoms with Crippen LogP contribution in [0.2, 0.25) is 5.09 Å². The second-order valence-corrected chi connectivity index (χ2v) is 4.08. The molecule has 0 bridgehead atoms. The first-order chi connectivity index (χ1) is 6.93. The Kier molecular flexibility index (Phi) is 7.91. The molecule has 1 fully saturated rings. The van der Waals surface area contributed by atoms with E-state index in [2.05, 4.69) is 17.7 Å². The van der Waals surface area contributed by atoms with Crippen molar-refractivity contribution in [2.24, 2.45) is 0 Å². The molecule has 2 nitrogen and oxygen atoms in total. The fourth-order valence-corrected chi connectivity index (χ4v) is 1.76. The monoisotopic (exact) mass is 192 g/mol. The molecule has 0 amide bonds. The van der Waals surface area contributed by atoms with E-state index in [0.717, 1.165) is 19.6 Å². The summed E-state index contributed by atoms with van der Waals surface area (Å²) in [5.41, 5.74) is 0. The van der Waals surface area contributed by atoms with E-state index >= 15 is 0 Å². The zero-order valence-corrected chi connectivity index (χ0v) is 9.46. The first-order valence-electron chi connectivity index (χ1n) is 6.16. The molecule has 1 unspecified atom stereocenters. The molecule has 0 aromatic rings. The van der Waals surface area contributed by atoms with Gasteiger partial charge in [-0.3, -0.25) is 0 Å². The zero-order valence-electron chi connectivity index (χ0n) is 9.46. The molecule has 0 aromatic heterocycles. The molecule has 1 atom stereocenters. The van der Waals surface area contributed by atoms with Crippen LogP contribution in [0.25, 0.3) is 0 Å². The molecule has 1 aliphatic heterocycles. The number of ether oxygens (including phenoxy) is 2. The van der Waals surface area contributed by atoms with Crippen LogP contribution in [0.4, 0.5) is 0 Å². The van der Waals surface area contributed by atoms with Crippen LogP contribution in [0, 0.1) is 0 Å². The Labute approximate surface area is 96.9 Å². The van der Waals surface area contributed by atoms with Gasteiger partial charge in [0.2, 0.25) is 0 Å². The number of hydrogen-bond donors (Lipinski definition) is 0. The summed E-state index contributed by atoms with van der Waals surface area (Å²) >= 11 is 2.24. The maximum atomic E-state index is 5.64. The molecule has 1 saturated heterocycles. The van der Waals surface area contributed by atoms with E-state index in [1.165, 1.54) is 43.6 Å². The first kappa shape index (κ1) is 12.6. The average Bonchev–Trinajstić information content (AvgIpc) is 2.25.